The quantitative estimate of drug-likeness (QED) is 0.854. The van der Waals surface area contributed by atoms with Crippen LogP contribution >= 0.6 is 0 Å². The van der Waals surface area contributed by atoms with Crippen molar-refractivity contribution in [2.45, 2.75) is 25.8 Å². The van der Waals surface area contributed by atoms with Gasteiger partial charge in [0.25, 0.3) is 0 Å². The van der Waals surface area contributed by atoms with Gasteiger partial charge >= 0.3 is 5.97 Å². The van der Waals surface area contributed by atoms with Gasteiger partial charge in [-0.25, -0.2) is 4.79 Å². The standard InChI is InChI=1S/C15H20N2O3/c1-11-3-2-4-12(9-11)5-6-14(18)17-8-7-16-10-13(17)15(19)20/h2-4,9,13,16H,5-8,10H2,1H3,(H,19,20). The van der Waals surface area contributed by atoms with Gasteiger partial charge in [-0.2, -0.15) is 0 Å². The van der Waals surface area contributed by atoms with E-state index in [1.165, 1.54) is 10.5 Å². The minimum Gasteiger partial charge on any atom is -0.480 e. The van der Waals surface area contributed by atoms with Crippen molar-refractivity contribution in [1.82, 2.24) is 10.2 Å². The van der Waals surface area contributed by atoms with Gasteiger partial charge in [0.15, 0.2) is 0 Å². The topological polar surface area (TPSA) is 69.6 Å². The molecule has 5 heteroatoms. The minimum absolute atomic E-state index is 0.0830. The Balaban J connectivity index is 1.95. The molecule has 1 amide bonds. The van der Waals surface area contributed by atoms with E-state index in [0.29, 0.717) is 32.5 Å². The first kappa shape index (κ1) is 14.5. The van der Waals surface area contributed by atoms with E-state index in [4.69, 9.17) is 5.11 Å². The Hall–Kier alpha value is -1.88. The molecule has 0 saturated carbocycles. The maximum absolute atomic E-state index is 12.2. The molecule has 0 aliphatic carbocycles. The van der Waals surface area contributed by atoms with Crippen molar-refractivity contribution in [3.8, 4) is 0 Å². The van der Waals surface area contributed by atoms with Crippen LogP contribution in [0.5, 0.6) is 0 Å². The summed E-state index contributed by atoms with van der Waals surface area (Å²) in [7, 11) is 0. The predicted molar refractivity (Wildman–Crippen MR) is 75.5 cm³/mol. The van der Waals surface area contributed by atoms with Crippen LogP contribution < -0.4 is 5.32 Å². The zero-order valence-corrected chi connectivity index (χ0v) is 11.6. The van der Waals surface area contributed by atoms with Gasteiger partial charge in [-0.05, 0) is 18.9 Å². The summed E-state index contributed by atoms with van der Waals surface area (Å²) in [6.45, 7) is 3.46. The smallest absolute Gasteiger partial charge is 0.327 e. The van der Waals surface area contributed by atoms with Crippen molar-refractivity contribution in [3.05, 3.63) is 35.4 Å². The highest BCUT2D eigenvalue weighted by molar-refractivity contribution is 5.84. The summed E-state index contributed by atoms with van der Waals surface area (Å²) in [5.74, 6) is -1.03. The highest BCUT2D eigenvalue weighted by atomic mass is 16.4. The number of carbonyl (C=O) groups is 2. The van der Waals surface area contributed by atoms with Crippen LogP contribution in [0.4, 0.5) is 0 Å². The van der Waals surface area contributed by atoms with Gasteiger partial charge < -0.3 is 15.3 Å². The number of carboxylic acids is 1. The molecule has 1 aromatic carbocycles. The summed E-state index contributed by atoms with van der Waals surface area (Å²) in [6, 6.07) is 7.29. The predicted octanol–water partition coefficient (Wildman–Crippen LogP) is 0.813. The summed E-state index contributed by atoms with van der Waals surface area (Å²) in [5.41, 5.74) is 2.28. The third kappa shape index (κ3) is 3.57. The van der Waals surface area contributed by atoms with E-state index in [9.17, 15) is 9.59 Å². The van der Waals surface area contributed by atoms with E-state index in [1.807, 2.05) is 25.1 Å². The van der Waals surface area contributed by atoms with Gasteiger partial charge in [0, 0.05) is 26.1 Å². The fourth-order valence-corrected chi connectivity index (χ4v) is 2.49. The second-order valence-corrected chi connectivity index (χ2v) is 5.13. The average molecular weight is 276 g/mol. The monoisotopic (exact) mass is 276 g/mol. The van der Waals surface area contributed by atoms with Crippen molar-refractivity contribution in [2.24, 2.45) is 0 Å². The van der Waals surface area contributed by atoms with Crippen LogP contribution in [0, 0.1) is 6.92 Å². The number of carbonyl (C=O) groups excluding carboxylic acids is 1. The van der Waals surface area contributed by atoms with Gasteiger partial charge in [0.05, 0.1) is 0 Å². The number of carboxylic acid groups (broad SMARTS) is 1. The highest BCUT2D eigenvalue weighted by Crippen LogP contribution is 2.11. The Morgan fingerprint density at radius 1 is 1.45 bits per heavy atom. The second kappa shape index (κ2) is 6.52. The molecule has 0 bridgehead atoms. The molecule has 1 heterocycles. The number of amides is 1. The van der Waals surface area contributed by atoms with E-state index in [0.717, 1.165) is 5.56 Å². The zero-order valence-electron chi connectivity index (χ0n) is 11.6. The van der Waals surface area contributed by atoms with Crippen LogP contribution in [0.1, 0.15) is 17.5 Å². The van der Waals surface area contributed by atoms with Gasteiger partial charge in [0.2, 0.25) is 5.91 Å². The first-order valence-corrected chi connectivity index (χ1v) is 6.86. The Morgan fingerprint density at radius 3 is 2.95 bits per heavy atom. The Labute approximate surface area is 118 Å². The molecule has 1 aliphatic heterocycles. The zero-order chi connectivity index (χ0) is 14.5. The lowest BCUT2D eigenvalue weighted by molar-refractivity contribution is -0.151. The van der Waals surface area contributed by atoms with Crippen LogP contribution in [0.15, 0.2) is 24.3 Å². The molecular weight excluding hydrogens is 256 g/mol. The van der Waals surface area contributed by atoms with E-state index >= 15 is 0 Å². The van der Waals surface area contributed by atoms with Crippen LogP contribution in [0.25, 0.3) is 0 Å². The molecule has 5 nitrogen and oxygen atoms in total. The van der Waals surface area contributed by atoms with E-state index in [2.05, 4.69) is 11.4 Å². The number of piperazine rings is 1. The first-order valence-electron chi connectivity index (χ1n) is 6.86. The summed E-state index contributed by atoms with van der Waals surface area (Å²) in [4.78, 5) is 24.8. The molecule has 2 N–H and O–H groups in total. The molecule has 1 aliphatic rings. The normalized spacial score (nSPS) is 18.9. The van der Waals surface area contributed by atoms with Crippen LogP contribution in [-0.2, 0) is 16.0 Å². The summed E-state index contributed by atoms with van der Waals surface area (Å²) >= 11 is 0. The van der Waals surface area contributed by atoms with Gasteiger partial charge in [-0.1, -0.05) is 29.8 Å². The van der Waals surface area contributed by atoms with Gasteiger partial charge in [-0.15, -0.1) is 0 Å². The highest BCUT2D eigenvalue weighted by Gasteiger charge is 2.31. The lowest BCUT2D eigenvalue weighted by Crippen LogP contribution is -2.57. The molecule has 1 atom stereocenters. The number of nitrogens with zero attached hydrogens (tertiary/aromatic N) is 1. The average Bonchev–Trinajstić information content (AvgIpc) is 2.45. The van der Waals surface area contributed by atoms with Crippen molar-refractivity contribution in [3.63, 3.8) is 0 Å². The largest absolute Gasteiger partial charge is 0.480 e. The Bertz CT molecular complexity index is 502. The molecule has 0 spiro atoms. The van der Waals surface area contributed by atoms with Crippen molar-refractivity contribution in [1.29, 1.82) is 0 Å². The molecular formula is C15H20N2O3. The molecule has 108 valence electrons. The lowest BCUT2D eigenvalue weighted by Gasteiger charge is -2.33. The Kier molecular flexibility index (Phi) is 4.74. The summed E-state index contributed by atoms with van der Waals surface area (Å²) in [5, 5.41) is 12.2. The fourth-order valence-electron chi connectivity index (χ4n) is 2.49. The van der Waals surface area contributed by atoms with Gasteiger partial charge in [0.1, 0.15) is 6.04 Å². The summed E-state index contributed by atoms with van der Waals surface area (Å²) < 4.78 is 0. The van der Waals surface area contributed by atoms with Crippen molar-refractivity contribution < 1.29 is 14.7 Å². The molecule has 1 saturated heterocycles. The maximum Gasteiger partial charge on any atom is 0.327 e. The lowest BCUT2D eigenvalue weighted by atomic mass is 10.1. The third-order valence-corrected chi connectivity index (χ3v) is 3.56. The second-order valence-electron chi connectivity index (χ2n) is 5.13. The van der Waals surface area contributed by atoms with E-state index < -0.39 is 12.0 Å². The maximum atomic E-state index is 12.2. The van der Waals surface area contributed by atoms with Gasteiger partial charge in [-0.3, -0.25) is 4.79 Å². The number of nitrogens with one attached hydrogen (secondary N) is 1. The number of hydrogen-bond donors (Lipinski definition) is 2. The SMILES string of the molecule is Cc1cccc(CCC(=O)N2CCNCC2C(=O)O)c1. The van der Waals surface area contributed by atoms with Crippen LogP contribution in [0.2, 0.25) is 0 Å². The van der Waals surface area contributed by atoms with Crippen LogP contribution in [-0.4, -0.2) is 47.6 Å². The number of benzene rings is 1. The van der Waals surface area contributed by atoms with Crippen molar-refractivity contribution >= 4 is 11.9 Å². The Morgan fingerprint density at radius 2 is 2.25 bits per heavy atom. The van der Waals surface area contributed by atoms with Crippen LogP contribution in [0.3, 0.4) is 0 Å². The third-order valence-electron chi connectivity index (χ3n) is 3.56. The molecule has 0 radical (unpaired) electrons. The molecule has 1 fully saturated rings. The molecule has 1 aromatic rings. The number of aryl methyl sites for hydroxylation is 2. The minimum atomic E-state index is -0.943. The first-order chi connectivity index (χ1) is 9.58. The van der Waals surface area contributed by atoms with Crippen molar-refractivity contribution in [2.75, 3.05) is 19.6 Å². The molecule has 1 unspecified atom stereocenters. The molecule has 20 heavy (non-hydrogen) atoms. The number of hydrogen-bond acceptors (Lipinski definition) is 3. The fraction of sp³-hybridized carbons (Fsp3) is 0.467. The molecule has 2 rings (SSSR count). The summed E-state index contributed by atoms with van der Waals surface area (Å²) in [6.07, 6.45) is 1.00. The van der Waals surface area contributed by atoms with E-state index in [1.54, 1.807) is 0 Å². The number of aliphatic carboxylic acids is 1. The molecule has 0 aromatic heterocycles. The number of rotatable bonds is 4. The van der Waals surface area contributed by atoms with E-state index in [-0.39, 0.29) is 5.91 Å².